The lowest BCUT2D eigenvalue weighted by molar-refractivity contribution is -0.386. The highest BCUT2D eigenvalue weighted by Gasteiger charge is 2.43. The predicted molar refractivity (Wildman–Crippen MR) is 73.5 cm³/mol. The van der Waals surface area contributed by atoms with Crippen LogP contribution in [0.5, 0.6) is 5.75 Å². The molecule has 0 saturated heterocycles. The zero-order valence-electron chi connectivity index (χ0n) is 11.9. The quantitative estimate of drug-likeness (QED) is 0.432. The maximum atomic E-state index is 11.5. The summed E-state index contributed by atoms with van der Waals surface area (Å²) in [6.07, 6.45) is -0.974. The summed E-state index contributed by atoms with van der Waals surface area (Å²) in [4.78, 5) is 22.0. The fourth-order valence-electron chi connectivity index (χ4n) is 2.06. The summed E-state index contributed by atoms with van der Waals surface area (Å²) in [6.45, 7) is 2.47. The third kappa shape index (κ3) is 3.56. The Morgan fingerprint density at radius 2 is 2.14 bits per heavy atom. The van der Waals surface area contributed by atoms with Gasteiger partial charge in [0.05, 0.1) is 18.1 Å². The maximum absolute atomic E-state index is 11.5. The van der Waals surface area contributed by atoms with E-state index in [9.17, 15) is 14.9 Å². The van der Waals surface area contributed by atoms with E-state index in [4.69, 9.17) is 14.2 Å². The number of carbonyl (C=O) groups excluding carboxylic acids is 1. The zero-order chi connectivity index (χ0) is 15.4. The van der Waals surface area contributed by atoms with E-state index in [2.05, 4.69) is 0 Å². The van der Waals surface area contributed by atoms with Gasteiger partial charge in [-0.3, -0.25) is 14.9 Å². The molecule has 2 rings (SSSR count). The largest absolute Gasteiger partial charge is 0.480 e. The summed E-state index contributed by atoms with van der Waals surface area (Å²) in [5, 5.41) is 11.0. The van der Waals surface area contributed by atoms with Crippen molar-refractivity contribution in [2.45, 2.75) is 25.6 Å². The summed E-state index contributed by atoms with van der Waals surface area (Å²) < 4.78 is 15.8. The lowest BCUT2D eigenvalue weighted by Gasteiger charge is -2.34. The van der Waals surface area contributed by atoms with E-state index in [-0.39, 0.29) is 30.2 Å². The molecular formula is C14H17NO6. The first-order valence-corrected chi connectivity index (χ1v) is 6.58. The third-order valence-corrected chi connectivity index (χ3v) is 3.23. The van der Waals surface area contributed by atoms with Gasteiger partial charge in [-0.1, -0.05) is 6.07 Å². The van der Waals surface area contributed by atoms with Gasteiger partial charge in [0.15, 0.2) is 17.6 Å². The predicted octanol–water partition coefficient (Wildman–Crippen LogP) is 1.66. The molecule has 0 radical (unpaired) electrons. The Bertz CT molecular complexity index is 544. The van der Waals surface area contributed by atoms with E-state index in [0.717, 1.165) is 5.56 Å². The maximum Gasteiger partial charge on any atom is 0.310 e. The number of hydrogen-bond acceptors (Lipinski definition) is 6. The fraction of sp³-hybridized carbons (Fsp3) is 0.500. The zero-order valence-corrected chi connectivity index (χ0v) is 11.9. The number of nitro benzene ring substituents is 1. The van der Waals surface area contributed by atoms with Gasteiger partial charge in [-0.15, -0.1) is 0 Å². The summed E-state index contributed by atoms with van der Waals surface area (Å²) >= 11 is 0. The van der Waals surface area contributed by atoms with Gasteiger partial charge in [0.2, 0.25) is 0 Å². The number of benzene rings is 1. The highest BCUT2D eigenvalue weighted by Crippen LogP contribution is 2.32. The van der Waals surface area contributed by atoms with Gasteiger partial charge in [0.1, 0.15) is 6.10 Å². The molecule has 1 aliphatic rings. The number of nitro groups is 1. The molecule has 1 aromatic rings. The van der Waals surface area contributed by atoms with Crippen LogP contribution in [0.1, 0.15) is 12.0 Å². The molecule has 1 fully saturated rings. The summed E-state index contributed by atoms with van der Waals surface area (Å²) in [5.74, 6) is 0.101. The van der Waals surface area contributed by atoms with E-state index in [1.165, 1.54) is 13.2 Å². The van der Waals surface area contributed by atoms with Gasteiger partial charge in [-0.05, 0) is 18.6 Å². The van der Waals surface area contributed by atoms with Crippen LogP contribution in [0.15, 0.2) is 18.2 Å². The van der Waals surface area contributed by atoms with Gasteiger partial charge in [0.25, 0.3) is 0 Å². The van der Waals surface area contributed by atoms with Crippen molar-refractivity contribution in [2.75, 3.05) is 20.3 Å². The topological polar surface area (TPSA) is 87.9 Å². The number of ether oxygens (including phenoxy) is 3. The third-order valence-electron chi connectivity index (χ3n) is 3.23. The van der Waals surface area contributed by atoms with Gasteiger partial charge in [-0.25, -0.2) is 0 Å². The van der Waals surface area contributed by atoms with Crippen molar-refractivity contribution < 1.29 is 23.9 Å². The number of carbonyl (C=O) groups is 1. The standard InChI is InChI=1S/C14H17NO6/c1-9-3-4-10(15(17)18)12(7-9)21-13-8-11(16)14(13)20-6-5-19-2/h3-4,7,13-14H,5-6,8H2,1-2H3. The summed E-state index contributed by atoms with van der Waals surface area (Å²) in [5.41, 5.74) is 0.730. The number of aryl methyl sites for hydroxylation is 1. The van der Waals surface area contributed by atoms with Crippen molar-refractivity contribution in [3.05, 3.63) is 33.9 Å². The molecule has 0 bridgehead atoms. The van der Waals surface area contributed by atoms with Crippen LogP contribution in [-0.2, 0) is 14.3 Å². The van der Waals surface area contributed by atoms with Crippen molar-refractivity contribution in [3.8, 4) is 5.75 Å². The summed E-state index contributed by atoms with van der Waals surface area (Å²) in [7, 11) is 1.54. The number of nitrogens with zero attached hydrogens (tertiary/aromatic N) is 1. The lowest BCUT2D eigenvalue weighted by atomic mass is 9.90. The molecule has 21 heavy (non-hydrogen) atoms. The minimum atomic E-state index is -0.680. The molecule has 114 valence electrons. The molecule has 1 saturated carbocycles. The molecule has 1 aromatic carbocycles. The van der Waals surface area contributed by atoms with Gasteiger partial charge in [0, 0.05) is 19.6 Å². The van der Waals surface area contributed by atoms with Crippen LogP contribution < -0.4 is 4.74 Å². The van der Waals surface area contributed by atoms with Crippen LogP contribution in [0.25, 0.3) is 0 Å². The van der Waals surface area contributed by atoms with Crippen LogP contribution in [0.4, 0.5) is 5.69 Å². The molecule has 0 heterocycles. The average Bonchev–Trinajstić information content (AvgIpc) is 2.43. The van der Waals surface area contributed by atoms with E-state index >= 15 is 0 Å². The molecule has 7 nitrogen and oxygen atoms in total. The van der Waals surface area contributed by atoms with Crippen molar-refractivity contribution >= 4 is 11.5 Å². The van der Waals surface area contributed by atoms with Crippen molar-refractivity contribution in [3.63, 3.8) is 0 Å². The molecule has 1 aliphatic carbocycles. The summed E-state index contributed by atoms with van der Waals surface area (Å²) in [6, 6.07) is 4.63. The molecular weight excluding hydrogens is 278 g/mol. The highest BCUT2D eigenvalue weighted by molar-refractivity contribution is 5.90. The van der Waals surface area contributed by atoms with Crippen molar-refractivity contribution in [2.24, 2.45) is 0 Å². The number of hydrogen-bond donors (Lipinski definition) is 0. The monoisotopic (exact) mass is 295 g/mol. The van der Waals surface area contributed by atoms with Gasteiger partial charge < -0.3 is 14.2 Å². The second kappa shape index (κ2) is 6.64. The Balaban J connectivity index is 2.06. The number of ketones is 1. The Hall–Kier alpha value is -1.99. The smallest absolute Gasteiger partial charge is 0.310 e. The highest BCUT2D eigenvalue weighted by atomic mass is 16.6. The molecule has 0 spiro atoms. The minimum Gasteiger partial charge on any atom is -0.480 e. The van der Waals surface area contributed by atoms with Crippen LogP contribution in [0, 0.1) is 17.0 Å². The first-order chi connectivity index (χ1) is 10.0. The van der Waals surface area contributed by atoms with E-state index < -0.39 is 17.1 Å². The van der Waals surface area contributed by atoms with Crippen LogP contribution in [-0.4, -0.2) is 43.2 Å². The molecule has 0 N–H and O–H groups in total. The fourth-order valence-corrected chi connectivity index (χ4v) is 2.06. The molecule has 2 atom stereocenters. The van der Waals surface area contributed by atoms with Gasteiger partial charge >= 0.3 is 5.69 Å². The SMILES string of the molecule is COCCOC1C(=O)CC1Oc1cc(C)ccc1[N+](=O)[O-]. The Kier molecular flexibility index (Phi) is 4.87. The Morgan fingerprint density at radius 1 is 1.38 bits per heavy atom. The van der Waals surface area contributed by atoms with Crippen LogP contribution >= 0.6 is 0 Å². The number of rotatable bonds is 7. The van der Waals surface area contributed by atoms with E-state index in [0.29, 0.717) is 6.61 Å². The minimum absolute atomic E-state index is 0.0635. The molecule has 0 aliphatic heterocycles. The average molecular weight is 295 g/mol. The first-order valence-electron chi connectivity index (χ1n) is 6.58. The second-order valence-electron chi connectivity index (χ2n) is 4.84. The first kappa shape index (κ1) is 15.4. The van der Waals surface area contributed by atoms with Crippen molar-refractivity contribution in [1.29, 1.82) is 0 Å². The number of Topliss-reactive ketones (excluding diaryl/α,β-unsaturated/α-hetero) is 1. The second-order valence-corrected chi connectivity index (χ2v) is 4.84. The number of methoxy groups -OCH3 is 1. The van der Waals surface area contributed by atoms with Crippen molar-refractivity contribution in [1.82, 2.24) is 0 Å². The normalized spacial score (nSPS) is 21.0. The molecule has 2 unspecified atom stereocenters. The van der Waals surface area contributed by atoms with Gasteiger partial charge in [-0.2, -0.15) is 0 Å². The Labute approximate surface area is 122 Å². The van der Waals surface area contributed by atoms with E-state index in [1.54, 1.807) is 12.1 Å². The van der Waals surface area contributed by atoms with Crippen LogP contribution in [0.3, 0.4) is 0 Å². The molecule has 7 heteroatoms. The Morgan fingerprint density at radius 3 is 2.76 bits per heavy atom. The van der Waals surface area contributed by atoms with E-state index in [1.807, 2.05) is 6.92 Å². The molecule has 0 amide bonds. The van der Waals surface area contributed by atoms with Crippen LogP contribution in [0.2, 0.25) is 0 Å². The molecule has 0 aromatic heterocycles. The lowest BCUT2D eigenvalue weighted by Crippen LogP contribution is -2.52.